The van der Waals surface area contributed by atoms with Crippen LogP contribution in [-0.4, -0.2) is 29.9 Å². The van der Waals surface area contributed by atoms with Gasteiger partial charge in [-0.2, -0.15) is 0 Å². The Hall–Kier alpha value is -8.74. The van der Waals surface area contributed by atoms with Gasteiger partial charge in [0.05, 0.1) is 17.1 Å². The maximum absolute atomic E-state index is 5.23. The van der Waals surface area contributed by atoms with E-state index in [1.165, 1.54) is 0 Å². The van der Waals surface area contributed by atoms with Gasteiger partial charge in [0, 0.05) is 44.6 Å². The van der Waals surface area contributed by atoms with Gasteiger partial charge in [-0.3, -0.25) is 4.98 Å². The van der Waals surface area contributed by atoms with Gasteiger partial charge >= 0.3 is 0 Å². The molecule has 0 aliphatic rings. The third kappa shape index (κ3) is 8.20. The van der Waals surface area contributed by atoms with Crippen LogP contribution in [0.5, 0.6) is 0 Å². The minimum atomic E-state index is 0.593. The van der Waals surface area contributed by atoms with Gasteiger partial charge in [-0.1, -0.05) is 176 Å². The molecule has 0 saturated heterocycles. The molecule has 0 radical (unpaired) electrons. The molecule has 0 aliphatic carbocycles. The summed E-state index contributed by atoms with van der Waals surface area (Å²) in [6, 6.07) is 77.2. The lowest BCUT2D eigenvalue weighted by atomic mass is 9.91. The van der Waals surface area contributed by atoms with Crippen molar-refractivity contribution in [3.05, 3.63) is 230 Å². The largest absolute Gasteiger partial charge is 0.253 e. The molecule has 3 heterocycles. The smallest absolute Gasteiger partial charge is 0.164 e. The second-order valence-corrected chi connectivity index (χ2v) is 16.0. The number of hydrogen-bond acceptors (Lipinski definition) is 6. The Morgan fingerprint density at radius 1 is 0.231 bits per heavy atom. The normalized spacial score (nSPS) is 11.2. The molecule has 6 nitrogen and oxygen atoms in total. The van der Waals surface area contributed by atoms with Gasteiger partial charge < -0.3 is 0 Å². The zero-order chi connectivity index (χ0) is 43.5. The summed E-state index contributed by atoms with van der Waals surface area (Å²) in [4.78, 5) is 30.7. The molecule has 306 valence electrons. The van der Waals surface area contributed by atoms with E-state index in [9.17, 15) is 0 Å². The van der Waals surface area contributed by atoms with Gasteiger partial charge in [0.25, 0.3) is 0 Å². The molecule has 11 aromatic rings. The molecule has 0 unspecified atom stereocenters. The predicted molar refractivity (Wildman–Crippen MR) is 264 cm³/mol. The lowest BCUT2D eigenvalue weighted by Crippen LogP contribution is -2.00. The standard InChI is InChI=1S/C59H40N6/c1-39-17-15-30-53(60-39)50-36-48(35-49(37-50)51-28-13-14-29-52(51)59-61-54(41-19-5-2-6-20-41)38-55(62-59)42-21-7-3-8-22-42)45-26-16-27-46(34-45)57-63-56(43-23-9-4-10-24-43)64-58(65-57)47-32-31-40-18-11-12-25-44(40)33-47/h2-38H,1H3. The van der Waals surface area contributed by atoms with Gasteiger partial charge in [0.15, 0.2) is 23.3 Å². The van der Waals surface area contributed by atoms with Crippen molar-refractivity contribution in [1.29, 1.82) is 0 Å². The fourth-order valence-corrected chi connectivity index (χ4v) is 8.33. The van der Waals surface area contributed by atoms with Crippen LogP contribution in [0, 0.1) is 6.92 Å². The first-order valence-corrected chi connectivity index (χ1v) is 21.7. The molecular formula is C59H40N6. The van der Waals surface area contributed by atoms with E-state index in [1.807, 2.05) is 79.7 Å². The zero-order valence-electron chi connectivity index (χ0n) is 35.5. The van der Waals surface area contributed by atoms with E-state index >= 15 is 0 Å². The van der Waals surface area contributed by atoms with Crippen molar-refractivity contribution < 1.29 is 0 Å². The number of hydrogen-bond donors (Lipinski definition) is 0. The molecule has 0 spiro atoms. The Morgan fingerprint density at radius 2 is 0.723 bits per heavy atom. The van der Waals surface area contributed by atoms with Crippen LogP contribution in [0.25, 0.3) is 112 Å². The molecular weight excluding hydrogens is 793 g/mol. The summed E-state index contributed by atoms with van der Waals surface area (Å²) in [5.74, 6) is 2.47. The highest BCUT2D eigenvalue weighted by atomic mass is 15.0. The van der Waals surface area contributed by atoms with Crippen molar-refractivity contribution in [2.75, 3.05) is 0 Å². The molecule has 0 aliphatic heterocycles. The first-order valence-electron chi connectivity index (χ1n) is 21.7. The van der Waals surface area contributed by atoms with Crippen LogP contribution in [0.1, 0.15) is 5.69 Å². The van der Waals surface area contributed by atoms with E-state index in [-0.39, 0.29) is 0 Å². The molecule has 65 heavy (non-hydrogen) atoms. The van der Waals surface area contributed by atoms with Crippen molar-refractivity contribution in [3.63, 3.8) is 0 Å². The highest BCUT2D eigenvalue weighted by Gasteiger charge is 2.18. The molecule has 11 rings (SSSR count). The quantitative estimate of drug-likeness (QED) is 0.144. The number of aromatic nitrogens is 6. The maximum atomic E-state index is 5.23. The Bertz CT molecular complexity index is 3440. The number of fused-ring (bicyclic) bond motifs is 1. The number of pyridine rings is 1. The second-order valence-electron chi connectivity index (χ2n) is 16.0. The summed E-state index contributed by atoms with van der Waals surface area (Å²) in [6.45, 7) is 2.03. The second kappa shape index (κ2) is 17.2. The summed E-state index contributed by atoms with van der Waals surface area (Å²) >= 11 is 0. The van der Waals surface area contributed by atoms with Gasteiger partial charge in [0.2, 0.25) is 0 Å². The molecule has 0 amide bonds. The summed E-state index contributed by atoms with van der Waals surface area (Å²) in [7, 11) is 0. The number of rotatable bonds is 9. The fraction of sp³-hybridized carbons (Fsp3) is 0.0169. The van der Waals surface area contributed by atoms with Gasteiger partial charge in [-0.25, -0.2) is 24.9 Å². The van der Waals surface area contributed by atoms with Crippen LogP contribution >= 0.6 is 0 Å². The van der Waals surface area contributed by atoms with Crippen molar-refractivity contribution in [2.45, 2.75) is 6.92 Å². The van der Waals surface area contributed by atoms with Crippen LogP contribution in [-0.2, 0) is 0 Å². The molecule has 8 aromatic carbocycles. The van der Waals surface area contributed by atoms with Crippen LogP contribution in [0.15, 0.2) is 224 Å². The van der Waals surface area contributed by atoms with Crippen molar-refractivity contribution in [1.82, 2.24) is 29.9 Å². The van der Waals surface area contributed by atoms with E-state index in [2.05, 4.69) is 152 Å². The predicted octanol–water partition coefficient (Wildman–Crippen LogP) is 14.5. The van der Waals surface area contributed by atoms with Crippen LogP contribution in [0.2, 0.25) is 0 Å². The minimum absolute atomic E-state index is 0.593. The molecule has 0 bridgehead atoms. The topological polar surface area (TPSA) is 77.3 Å². The highest BCUT2D eigenvalue weighted by molar-refractivity contribution is 5.89. The first-order chi connectivity index (χ1) is 32.1. The number of nitrogens with zero attached hydrogens (tertiary/aromatic N) is 6. The van der Waals surface area contributed by atoms with Gasteiger partial charge in [0.1, 0.15) is 0 Å². The van der Waals surface area contributed by atoms with E-state index in [0.29, 0.717) is 23.3 Å². The maximum Gasteiger partial charge on any atom is 0.164 e. The van der Waals surface area contributed by atoms with Crippen LogP contribution < -0.4 is 0 Å². The fourth-order valence-electron chi connectivity index (χ4n) is 8.33. The Kier molecular flexibility index (Phi) is 10.4. The average Bonchev–Trinajstić information content (AvgIpc) is 3.39. The van der Waals surface area contributed by atoms with Gasteiger partial charge in [-0.05, 0) is 88.5 Å². The minimum Gasteiger partial charge on any atom is -0.253 e. The van der Waals surface area contributed by atoms with Crippen LogP contribution in [0.3, 0.4) is 0 Å². The summed E-state index contributed by atoms with van der Waals surface area (Å²) in [5, 5.41) is 2.29. The SMILES string of the molecule is Cc1cccc(-c2cc(-c3cccc(-c4nc(-c5ccccc5)nc(-c5ccc6ccccc6c5)n4)c3)cc(-c3ccccc3-c3nc(-c4ccccc4)cc(-c4ccccc4)n3)c2)n1. The molecule has 0 fully saturated rings. The Morgan fingerprint density at radius 3 is 1.40 bits per heavy atom. The molecule has 3 aromatic heterocycles. The summed E-state index contributed by atoms with van der Waals surface area (Å²) in [6.07, 6.45) is 0. The van der Waals surface area contributed by atoms with Crippen LogP contribution in [0.4, 0.5) is 0 Å². The van der Waals surface area contributed by atoms with E-state index in [0.717, 1.165) is 94.7 Å². The molecule has 0 atom stereocenters. The van der Waals surface area contributed by atoms with E-state index in [1.54, 1.807) is 0 Å². The van der Waals surface area contributed by atoms with Crippen molar-refractivity contribution >= 4 is 10.8 Å². The first kappa shape index (κ1) is 39.1. The van der Waals surface area contributed by atoms with E-state index in [4.69, 9.17) is 29.9 Å². The van der Waals surface area contributed by atoms with Crippen molar-refractivity contribution in [3.8, 4) is 102 Å². The van der Waals surface area contributed by atoms with Crippen molar-refractivity contribution in [2.24, 2.45) is 0 Å². The molecule has 0 saturated carbocycles. The zero-order valence-corrected chi connectivity index (χ0v) is 35.5. The summed E-state index contributed by atoms with van der Waals surface area (Å²) in [5.41, 5.74) is 14.3. The Balaban J connectivity index is 1.07. The lowest BCUT2D eigenvalue weighted by molar-refractivity contribution is 1.07. The third-order valence-corrected chi connectivity index (χ3v) is 11.6. The highest BCUT2D eigenvalue weighted by Crippen LogP contribution is 2.39. The molecule has 0 N–H and O–H groups in total. The lowest BCUT2D eigenvalue weighted by Gasteiger charge is -2.15. The van der Waals surface area contributed by atoms with E-state index < -0.39 is 0 Å². The Labute approximate surface area is 377 Å². The number of aryl methyl sites for hydroxylation is 1. The number of benzene rings is 8. The average molecular weight is 833 g/mol. The van der Waals surface area contributed by atoms with Gasteiger partial charge in [-0.15, -0.1) is 0 Å². The summed E-state index contributed by atoms with van der Waals surface area (Å²) < 4.78 is 0. The molecule has 6 heteroatoms. The third-order valence-electron chi connectivity index (χ3n) is 11.6. The monoisotopic (exact) mass is 832 g/mol.